The fraction of sp³-hybridized carbons (Fsp3) is 0.167. The number of aromatic nitrogens is 1. The van der Waals surface area contributed by atoms with Gasteiger partial charge in [-0.3, -0.25) is 4.98 Å². The Bertz CT molecular complexity index is 734. The van der Waals surface area contributed by atoms with Gasteiger partial charge in [0.05, 0.1) is 11.6 Å². The summed E-state index contributed by atoms with van der Waals surface area (Å²) in [5.74, 6) is 0. The summed E-state index contributed by atoms with van der Waals surface area (Å²) in [4.78, 5) is 5.57. The Labute approximate surface area is 128 Å². The molecule has 21 heavy (non-hydrogen) atoms. The molecular weight excluding hydrogens is 278 g/mol. The number of para-hydroxylation sites is 1. The molecule has 0 fully saturated rings. The number of nitrogens with zero attached hydrogens (tertiary/aromatic N) is 1. The van der Waals surface area contributed by atoms with Crippen LogP contribution in [0.15, 0.2) is 65.7 Å². The predicted octanol–water partition coefficient (Wildman–Crippen LogP) is 4.23. The van der Waals surface area contributed by atoms with Crippen molar-refractivity contribution in [2.45, 2.75) is 17.4 Å². The summed E-state index contributed by atoms with van der Waals surface area (Å²) in [6, 6.07) is 18.1. The Hall–Kier alpha value is -1.84. The van der Waals surface area contributed by atoms with E-state index in [1.807, 2.05) is 48.5 Å². The minimum atomic E-state index is -0.494. The van der Waals surface area contributed by atoms with Gasteiger partial charge in [0.25, 0.3) is 0 Å². The average Bonchev–Trinajstić information content (AvgIpc) is 2.55. The van der Waals surface area contributed by atoms with Gasteiger partial charge in [0.1, 0.15) is 0 Å². The third kappa shape index (κ3) is 3.09. The lowest BCUT2D eigenvalue weighted by atomic mass is 9.99. The van der Waals surface area contributed by atoms with Gasteiger partial charge in [0.15, 0.2) is 0 Å². The number of rotatable bonds is 4. The summed E-state index contributed by atoms with van der Waals surface area (Å²) in [5, 5.41) is 11.6. The van der Waals surface area contributed by atoms with Crippen molar-refractivity contribution in [2.75, 3.05) is 6.26 Å². The third-order valence-electron chi connectivity index (χ3n) is 3.65. The van der Waals surface area contributed by atoms with Gasteiger partial charge in [-0.1, -0.05) is 30.3 Å². The first-order valence-electron chi connectivity index (χ1n) is 6.92. The van der Waals surface area contributed by atoms with E-state index in [9.17, 15) is 5.11 Å². The van der Waals surface area contributed by atoms with Crippen LogP contribution in [0.5, 0.6) is 0 Å². The summed E-state index contributed by atoms with van der Waals surface area (Å²) < 4.78 is 0. The molecule has 1 N–H and O–H groups in total. The van der Waals surface area contributed by atoms with E-state index in [1.54, 1.807) is 18.0 Å². The van der Waals surface area contributed by atoms with Gasteiger partial charge in [0, 0.05) is 22.9 Å². The Balaban J connectivity index is 1.87. The van der Waals surface area contributed by atoms with E-state index in [2.05, 4.69) is 17.3 Å². The first kappa shape index (κ1) is 14.1. The summed E-state index contributed by atoms with van der Waals surface area (Å²) in [6.45, 7) is 0. The molecule has 1 unspecified atom stereocenters. The second kappa shape index (κ2) is 6.29. The number of aliphatic hydroxyl groups excluding tert-OH is 1. The summed E-state index contributed by atoms with van der Waals surface area (Å²) in [7, 11) is 0. The van der Waals surface area contributed by atoms with E-state index in [0.717, 1.165) is 22.0 Å². The van der Waals surface area contributed by atoms with Crippen LogP contribution in [0.4, 0.5) is 0 Å². The van der Waals surface area contributed by atoms with Gasteiger partial charge in [-0.15, -0.1) is 11.8 Å². The number of benzene rings is 2. The van der Waals surface area contributed by atoms with Gasteiger partial charge in [-0.2, -0.15) is 0 Å². The standard InChI is InChI=1S/C18H17NOS/c1-21-15-8-6-13(7-9-15)18(20)12-14-10-11-19-17-5-3-2-4-16(14)17/h2-11,18,20H,12H2,1H3. The van der Waals surface area contributed by atoms with E-state index in [0.29, 0.717) is 6.42 Å². The van der Waals surface area contributed by atoms with Gasteiger partial charge < -0.3 is 5.11 Å². The van der Waals surface area contributed by atoms with Crippen LogP contribution in [0, 0.1) is 0 Å². The molecule has 3 rings (SSSR count). The zero-order valence-corrected chi connectivity index (χ0v) is 12.7. The van der Waals surface area contributed by atoms with Crippen molar-refractivity contribution in [1.82, 2.24) is 4.98 Å². The number of hydrogen-bond acceptors (Lipinski definition) is 3. The highest BCUT2D eigenvalue weighted by atomic mass is 32.2. The van der Waals surface area contributed by atoms with Crippen molar-refractivity contribution in [3.8, 4) is 0 Å². The molecule has 1 heterocycles. The van der Waals surface area contributed by atoms with Crippen molar-refractivity contribution < 1.29 is 5.11 Å². The fourth-order valence-electron chi connectivity index (χ4n) is 2.49. The molecule has 0 saturated carbocycles. The van der Waals surface area contributed by atoms with E-state index < -0.39 is 6.10 Å². The molecule has 0 aliphatic carbocycles. The number of fused-ring (bicyclic) bond motifs is 1. The summed E-state index contributed by atoms with van der Waals surface area (Å²) in [5.41, 5.74) is 3.05. The zero-order valence-electron chi connectivity index (χ0n) is 11.9. The van der Waals surface area contributed by atoms with E-state index >= 15 is 0 Å². The van der Waals surface area contributed by atoms with Crippen LogP contribution in [-0.2, 0) is 6.42 Å². The topological polar surface area (TPSA) is 33.1 Å². The molecule has 0 amide bonds. The van der Waals surface area contributed by atoms with Gasteiger partial charge in [0.2, 0.25) is 0 Å². The maximum absolute atomic E-state index is 10.5. The first-order chi connectivity index (χ1) is 10.3. The Morgan fingerprint density at radius 3 is 2.57 bits per heavy atom. The van der Waals surface area contributed by atoms with Crippen molar-refractivity contribution in [2.24, 2.45) is 0 Å². The van der Waals surface area contributed by atoms with E-state index in [4.69, 9.17) is 0 Å². The first-order valence-corrected chi connectivity index (χ1v) is 8.15. The van der Waals surface area contributed by atoms with Crippen molar-refractivity contribution in [1.29, 1.82) is 0 Å². The van der Waals surface area contributed by atoms with Crippen molar-refractivity contribution in [3.05, 3.63) is 71.9 Å². The van der Waals surface area contributed by atoms with Crippen molar-refractivity contribution in [3.63, 3.8) is 0 Å². The molecular formula is C18H17NOS. The van der Waals surface area contributed by atoms with E-state index in [-0.39, 0.29) is 0 Å². The molecule has 106 valence electrons. The summed E-state index contributed by atoms with van der Waals surface area (Å²) in [6.07, 6.45) is 3.96. The molecule has 0 aliphatic rings. The number of thioether (sulfide) groups is 1. The summed E-state index contributed by atoms with van der Waals surface area (Å²) >= 11 is 1.71. The van der Waals surface area contributed by atoms with Crippen LogP contribution in [-0.4, -0.2) is 16.3 Å². The monoisotopic (exact) mass is 295 g/mol. The highest BCUT2D eigenvalue weighted by Crippen LogP contribution is 2.25. The minimum Gasteiger partial charge on any atom is -0.388 e. The molecule has 1 aromatic heterocycles. The fourth-order valence-corrected chi connectivity index (χ4v) is 2.89. The zero-order chi connectivity index (χ0) is 14.7. The van der Waals surface area contributed by atoms with Crippen LogP contribution >= 0.6 is 11.8 Å². The molecule has 0 bridgehead atoms. The van der Waals surface area contributed by atoms with Crippen LogP contribution in [0.25, 0.3) is 10.9 Å². The number of pyridine rings is 1. The molecule has 0 saturated heterocycles. The quantitative estimate of drug-likeness (QED) is 0.731. The molecule has 2 nitrogen and oxygen atoms in total. The van der Waals surface area contributed by atoms with E-state index in [1.165, 1.54) is 4.90 Å². The molecule has 1 atom stereocenters. The maximum atomic E-state index is 10.5. The molecule has 0 aliphatic heterocycles. The average molecular weight is 295 g/mol. The Kier molecular flexibility index (Phi) is 4.23. The smallest absolute Gasteiger partial charge is 0.0830 e. The number of aliphatic hydroxyl groups is 1. The van der Waals surface area contributed by atoms with Crippen molar-refractivity contribution >= 4 is 22.7 Å². The van der Waals surface area contributed by atoms with Crippen LogP contribution in [0.2, 0.25) is 0 Å². The largest absolute Gasteiger partial charge is 0.388 e. The van der Waals surface area contributed by atoms with Gasteiger partial charge in [-0.25, -0.2) is 0 Å². The number of hydrogen-bond donors (Lipinski definition) is 1. The Morgan fingerprint density at radius 2 is 1.81 bits per heavy atom. The van der Waals surface area contributed by atoms with Crippen LogP contribution in [0.1, 0.15) is 17.2 Å². The van der Waals surface area contributed by atoms with Crippen LogP contribution in [0.3, 0.4) is 0 Å². The normalized spacial score (nSPS) is 12.5. The lowest BCUT2D eigenvalue weighted by Gasteiger charge is -2.13. The molecule has 2 aromatic carbocycles. The maximum Gasteiger partial charge on any atom is 0.0830 e. The molecule has 3 heteroatoms. The lowest BCUT2D eigenvalue weighted by Crippen LogP contribution is -2.02. The Morgan fingerprint density at radius 1 is 1.05 bits per heavy atom. The molecule has 3 aromatic rings. The highest BCUT2D eigenvalue weighted by molar-refractivity contribution is 7.98. The lowest BCUT2D eigenvalue weighted by molar-refractivity contribution is 0.179. The highest BCUT2D eigenvalue weighted by Gasteiger charge is 2.11. The second-order valence-electron chi connectivity index (χ2n) is 4.98. The molecule has 0 spiro atoms. The minimum absolute atomic E-state index is 0.494. The predicted molar refractivity (Wildman–Crippen MR) is 88.6 cm³/mol. The van der Waals surface area contributed by atoms with Gasteiger partial charge >= 0.3 is 0 Å². The SMILES string of the molecule is CSc1ccc(C(O)Cc2ccnc3ccccc23)cc1. The second-order valence-corrected chi connectivity index (χ2v) is 5.86. The van der Waals surface area contributed by atoms with Crippen LogP contribution < -0.4 is 0 Å². The third-order valence-corrected chi connectivity index (χ3v) is 4.40. The molecule has 0 radical (unpaired) electrons. The van der Waals surface area contributed by atoms with Gasteiger partial charge in [-0.05, 0) is 41.6 Å².